The summed E-state index contributed by atoms with van der Waals surface area (Å²) >= 11 is 0. The van der Waals surface area contributed by atoms with Crippen LogP contribution in [0.3, 0.4) is 0 Å². The molecule has 0 amide bonds. The van der Waals surface area contributed by atoms with E-state index < -0.39 is 0 Å². The first-order chi connectivity index (χ1) is 0. The molecule has 0 aliphatic heterocycles. The molecule has 4 heavy (non-hydrogen) atoms. The molecule has 0 unspecified atom stereocenters. The Labute approximate surface area is 62.9 Å². The quantitative estimate of drug-likeness (QED) is 0.505. The van der Waals surface area contributed by atoms with Gasteiger partial charge in [0.15, 0.2) is 0 Å². The van der Waals surface area contributed by atoms with Crippen LogP contribution in [0.2, 0.25) is 0 Å². The van der Waals surface area contributed by atoms with Gasteiger partial charge in [0.2, 0.25) is 0 Å². The second-order valence-electron chi connectivity index (χ2n) is 0. The van der Waals surface area contributed by atoms with E-state index >= 15 is 0 Å². The molecule has 0 N–H and O–H groups in total. The smallest absolute Gasteiger partial charge is 2.00 e. The fourth-order valence-corrected chi connectivity index (χ4v) is 0. The fraction of sp³-hybridized carbons (Fsp3) is 0. The van der Waals surface area contributed by atoms with Crippen molar-refractivity contribution >= 4 is 13.5 Å². The molecule has 0 aliphatic carbocycles. The van der Waals surface area contributed by atoms with Crippen molar-refractivity contribution < 1.29 is 49.8 Å². The Morgan fingerprint density at radius 2 is 1.00 bits per heavy atom. The first-order valence-electron chi connectivity index (χ1n) is 0. The maximum atomic E-state index is 0. The minimum absolute atomic E-state index is 0. The van der Waals surface area contributed by atoms with Crippen molar-refractivity contribution in [2.75, 3.05) is 0 Å². The summed E-state index contributed by atoms with van der Waals surface area (Å²) in [6, 6.07) is 0. The molecule has 0 heterocycles. The Kier molecular flexibility index (Phi) is 231. The van der Waals surface area contributed by atoms with E-state index in [-0.39, 0.29) is 63.3 Å². The summed E-state index contributed by atoms with van der Waals surface area (Å²) in [6.07, 6.45) is 0. The zero-order valence-electron chi connectivity index (χ0n) is 1.88. The standard InChI is InChI=1S/Cd.Fe.O.S/q2*+2;2*-2. The molecule has 0 bridgehead atoms. The summed E-state index contributed by atoms with van der Waals surface area (Å²) in [5, 5.41) is 0. The molecule has 0 aromatic rings. The van der Waals surface area contributed by atoms with Crippen LogP contribution in [0.15, 0.2) is 0 Å². The Balaban J connectivity index is 0. The van der Waals surface area contributed by atoms with Crippen LogP contribution >= 0.6 is 0 Å². The normalized spacial score (nSPS) is 0. The van der Waals surface area contributed by atoms with Crippen LogP contribution in [0.5, 0.6) is 0 Å². The second kappa shape index (κ2) is 21.8. The van der Waals surface area contributed by atoms with Crippen LogP contribution < -0.4 is 0 Å². The van der Waals surface area contributed by atoms with Gasteiger partial charge in [0, 0.05) is 0 Å². The molecule has 1 nitrogen and oxygen atoms in total. The second-order valence-corrected chi connectivity index (χ2v) is 0. The van der Waals surface area contributed by atoms with Gasteiger partial charge in [0.05, 0.1) is 0 Å². The Hall–Kier alpha value is 1.75. The molecule has 0 saturated carbocycles. The first-order valence-corrected chi connectivity index (χ1v) is 0. The summed E-state index contributed by atoms with van der Waals surface area (Å²) in [6.45, 7) is 0. The van der Waals surface area contributed by atoms with E-state index in [1.807, 2.05) is 0 Å². The van der Waals surface area contributed by atoms with Crippen molar-refractivity contribution in [3.05, 3.63) is 0 Å². The van der Waals surface area contributed by atoms with E-state index in [2.05, 4.69) is 0 Å². The average Bonchev–Trinajstić information content (AvgIpc) is 0. The van der Waals surface area contributed by atoms with Gasteiger partial charge in [-0.25, -0.2) is 0 Å². The Morgan fingerprint density at radius 1 is 1.00 bits per heavy atom. The summed E-state index contributed by atoms with van der Waals surface area (Å²) in [7, 11) is 0. The van der Waals surface area contributed by atoms with Gasteiger partial charge in [-0.05, 0) is 0 Å². The molecular formula is CdFeOS. The van der Waals surface area contributed by atoms with E-state index in [0.717, 1.165) is 0 Å². The minimum Gasteiger partial charge on any atom is -2.00 e. The molecule has 0 rings (SSSR count). The molecule has 0 aromatic heterocycles. The summed E-state index contributed by atoms with van der Waals surface area (Å²) in [4.78, 5) is 0. The van der Waals surface area contributed by atoms with Crippen molar-refractivity contribution in [2.45, 2.75) is 0 Å². The Bertz CT molecular complexity index is 8.00. The van der Waals surface area contributed by atoms with Crippen molar-refractivity contribution in [1.29, 1.82) is 0 Å². The summed E-state index contributed by atoms with van der Waals surface area (Å²) in [5.41, 5.74) is 0. The van der Waals surface area contributed by atoms with Gasteiger partial charge in [-0.2, -0.15) is 0 Å². The first kappa shape index (κ1) is 42.3. The number of rotatable bonds is 0. The van der Waals surface area contributed by atoms with E-state index in [0.29, 0.717) is 0 Å². The zero-order chi connectivity index (χ0) is 0. The summed E-state index contributed by atoms with van der Waals surface area (Å²) in [5.74, 6) is 0. The predicted molar refractivity (Wildman–Crippen MR) is 8.05 cm³/mol. The van der Waals surface area contributed by atoms with Crippen LogP contribution in [-0.4, -0.2) is 0 Å². The minimum atomic E-state index is 0. The van der Waals surface area contributed by atoms with Gasteiger partial charge in [0.25, 0.3) is 0 Å². The van der Waals surface area contributed by atoms with Crippen LogP contribution in [0.4, 0.5) is 0 Å². The van der Waals surface area contributed by atoms with Crippen LogP contribution in [-0.2, 0) is 63.3 Å². The van der Waals surface area contributed by atoms with Gasteiger partial charge in [-0.1, -0.05) is 0 Å². The van der Waals surface area contributed by atoms with Crippen molar-refractivity contribution in [3.8, 4) is 0 Å². The molecule has 0 atom stereocenters. The number of hydrogen-bond donors (Lipinski definition) is 0. The van der Waals surface area contributed by atoms with Crippen LogP contribution in [0.1, 0.15) is 0 Å². The van der Waals surface area contributed by atoms with E-state index in [4.69, 9.17) is 0 Å². The molecule has 0 fully saturated rings. The monoisotopic (exact) mass is 218 g/mol. The van der Waals surface area contributed by atoms with Gasteiger partial charge < -0.3 is 19.0 Å². The van der Waals surface area contributed by atoms with Gasteiger partial charge in [0.1, 0.15) is 0 Å². The van der Waals surface area contributed by atoms with Crippen molar-refractivity contribution in [3.63, 3.8) is 0 Å². The molecule has 0 radical (unpaired) electrons. The maximum absolute atomic E-state index is 0. The van der Waals surface area contributed by atoms with Crippen LogP contribution in [0.25, 0.3) is 0 Å². The molecule has 4 heteroatoms. The molecular weight excluding hydrogens is 216 g/mol. The largest absolute Gasteiger partial charge is 2.00 e. The van der Waals surface area contributed by atoms with E-state index in [9.17, 15) is 0 Å². The predicted octanol–water partition coefficient (Wildman–Crippen LogP) is -0.126. The molecule has 0 aliphatic rings. The molecule has 0 aromatic carbocycles. The Morgan fingerprint density at radius 3 is 1.00 bits per heavy atom. The van der Waals surface area contributed by atoms with Gasteiger partial charge >= 0.3 is 44.4 Å². The zero-order valence-corrected chi connectivity index (χ0v) is 7.83. The third-order valence-electron chi connectivity index (χ3n) is 0. The molecule has 0 spiro atoms. The van der Waals surface area contributed by atoms with Crippen molar-refractivity contribution in [2.24, 2.45) is 0 Å². The fourth-order valence-electron chi connectivity index (χ4n) is 0. The van der Waals surface area contributed by atoms with Gasteiger partial charge in [-0.3, -0.25) is 0 Å². The number of hydrogen-bond acceptors (Lipinski definition) is 0. The van der Waals surface area contributed by atoms with Crippen LogP contribution in [0, 0.1) is 0 Å². The van der Waals surface area contributed by atoms with E-state index in [1.54, 1.807) is 0 Å². The van der Waals surface area contributed by atoms with Crippen molar-refractivity contribution in [1.82, 2.24) is 0 Å². The summed E-state index contributed by atoms with van der Waals surface area (Å²) < 4.78 is 0. The molecule has 0 saturated heterocycles. The molecule has 22 valence electrons. The SMILES string of the molecule is [Cd+2].[Fe+2].[O-2].[S-2]. The van der Waals surface area contributed by atoms with Gasteiger partial charge in [-0.15, -0.1) is 0 Å². The topological polar surface area (TPSA) is 28.5 Å². The third kappa shape index (κ3) is 9.26. The maximum Gasteiger partial charge on any atom is 2.00 e. The average molecular weight is 216 g/mol. The van der Waals surface area contributed by atoms with E-state index in [1.165, 1.54) is 0 Å². The third-order valence-corrected chi connectivity index (χ3v) is 0.